The Balaban J connectivity index is 1.00. The minimum absolute atomic E-state index is 0.240. The summed E-state index contributed by atoms with van der Waals surface area (Å²) in [5, 5.41) is 1.17. The van der Waals surface area contributed by atoms with Gasteiger partial charge in [-0.1, -0.05) is 176 Å². The highest BCUT2D eigenvalue weighted by Gasteiger charge is 2.52. The number of aromatic nitrogens is 4. The second kappa shape index (κ2) is 14.1. The van der Waals surface area contributed by atoms with Gasteiger partial charge in [-0.05, 0) is 87.5 Å². The molecule has 0 radical (unpaired) electrons. The lowest BCUT2D eigenvalue weighted by Gasteiger charge is -2.43. The number of rotatable bonds is 5. The van der Waals surface area contributed by atoms with Crippen molar-refractivity contribution in [2.75, 3.05) is 0 Å². The monoisotopic (exact) mass is 786 g/mol. The molecule has 0 amide bonds. The molecule has 0 bridgehead atoms. The predicted octanol–water partition coefficient (Wildman–Crippen LogP) is 13.6. The third-order valence-corrected chi connectivity index (χ3v) is 13.8. The zero-order chi connectivity index (χ0) is 39.6. The Bertz CT molecular complexity index is 3110. The van der Waals surface area contributed by atoms with Crippen LogP contribution in [0.25, 0.3) is 61.5 Å². The van der Waals surface area contributed by atoms with Gasteiger partial charge >= 0.3 is 0 Å². The Morgan fingerprint density at radius 3 is 2.03 bits per heavy atom. The van der Waals surface area contributed by atoms with E-state index in [0.29, 0.717) is 17.5 Å². The van der Waals surface area contributed by atoms with Crippen molar-refractivity contribution in [1.29, 1.82) is 0 Å². The van der Waals surface area contributed by atoms with E-state index in [0.717, 1.165) is 41.5 Å². The van der Waals surface area contributed by atoms with E-state index in [2.05, 4.69) is 169 Å². The number of benzene rings is 6. The summed E-state index contributed by atoms with van der Waals surface area (Å²) in [7, 11) is 0. The van der Waals surface area contributed by atoms with Crippen LogP contribution in [0, 0.1) is 0 Å². The molecule has 1 aliphatic heterocycles. The molecule has 1 unspecified atom stereocenters. The molecule has 8 aromatic rings. The molecule has 0 fully saturated rings. The first-order valence-electron chi connectivity index (χ1n) is 20.8. The minimum Gasteiger partial charge on any atom is -0.256 e. The average molecular weight is 787 g/mol. The summed E-state index contributed by atoms with van der Waals surface area (Å²) >= 11 is 1.88. The van der Waals surface area contributed by atoms with Crippen LogP contribution in [0.2, 0.25) is 0 Å². The van der Waals surface area contributed by atoms with Crippen molar-refractivity contribution < 1.29 is 0 Å². The molecule has 2 aromatic heterocycles. The lowest BCUT2D eigenvalue weighted by molar-refractivity contribution is 0.710. The van der Waals surface area contributed by atoms with Crippen molar-refractivity contribution in [3.05, 3.63) is 227 Å². The van der Waals surface area contributed by atoms with Gasteiger partial charge in [0.2, 0.25) is 0 Å². The minimum atomic E-state index is -0.452. The standard InChI is InChI=1S/C55H38N4S/c1-3-13-37(14-4-1)52-57-53(38-15-5-2-6-16-38)59-54(58-52)40-28-30-48-51(34-40)60-50-33-39(35-23-25-36(26-24-35)41-31-32-56-49-22-12-9-19-44(41)49)27-29-47(50)55(48)45-20-10-7-17-42(45)43-18-8-11-21-46(43)55/h1,3-5,7-26,28-34,39H,2,6,27H2. The maximum atomic E-state index is 5.16. The van der Waals surface area contributed by atoms with Crippen molar-refractivity contribution in [3.8, 4) is 45.0 Å². The fraction of sp³-hybridized carbons (Fsp3) is 0.0909. The molecule has 3 heterocycles. The lowest BCUT2D eigenvalue weighted by Crippen LogP contribution is -2.34. The van der Waals surface area contributed by atoms with Gasteiger partial charge in [-0.15, -0.1) is 0 Å². The van der Waals surface area contributed by atoms with Crippen molar-refractivity contribution in [2.24, 2.45) is 0 Å². The summed E-state index contributed by atoms with van der Waals surface area (Å²) in [5.74, 6) is 2.32. The van der Waals surface area contributed by atoms with Crippen LogP contribution in [0.3, 0.4) is 0 Å². The van der Waals surface area contributed by atoms with Crippen LogP contribution in [0.5, 0.6) is 0 Å². The van der Waals surface area contributed by atoms with Crippen LogP contribution < -0.4 is 0 Å². The topological polar surface area (TPSA) is 51.6 Å². The highest BCUT2D eigenvalue weighted by Crippen LogP contribution is 2.65. The zero-order valence-electron chi connectivity index (χ0n) is 32.8. The maximum absolute atomic E-state index is 5.16. The van der Waals surface area contributed by atoms with Crippen LogP contribution in [0.1, 0.15) is 53.3 Å². The van der Waals surface area contributed by atoms with E-state index in [1.54, 1.807) is 0 Å². The SMILES string of the molecule is C1=CC(c2nc(-c3ccccc3)nc(-c3ccc4c(c3)SC3=CC(c5ccc(-c6ccnc7ccccc67)cc5)CC=C3C43c4ccccc4-c4ccccc43)n2)=CCC1. The smallest absolute Gasteiger partial charge is 0.164 e. The summed E-state index contributed by atoms with van der Waals surface area (Å²) in [4.78, 5) is 22.5. The van der Waals surface area contributed by atoms with E-state index in [1.165, 1.54) is 65.3 Å². The molecule has 1 spiro atoms. The summed E-state index contributed by atoms with van der Waals surface area (Å²) in [6, 6.07) is 55.0. The molecular weight excluding hydrogens is 749 g/mol. The van der Waals surface area contributed by atoms with Crippen molar-refractivity contribution in [3.63, 3.8) is 0 Å². The van der Waals surface area contributed by atoms with Crippen LogP contribution in [-0.2, 0) is 5.41 Å². The Labute approximate surface area is 353 Å². The normalized spacial score (nSPS) is 16.9. The first-order valence-corrected chi connectivity index (χ1v) is 21.6. The molecule has 0 N–H and O–H groups in total. The predicted molar refractivity (Wildman–Crippen MR) is 245 cm³/mol. The van der Waals surface area contributed by atoms with Crippen LogP contribution >= 0.6 is 11.8 Å². The molecule has 0 saturated heterocycles. The quantitative estimate of drug-likeness (QED) is 0.174. The van der Waals surface area contributed by atoms with Crippen LogP contribution in [0.15, 0.2) is 204 Å². The lowest BCUT2D eigenvalue weighted by atomic mass is 9.65. The number of thioether (sulfide) groups is 1. The molecule has 12 rings (SSSR count). The largest absolute Gasteiger partial charge is 0.256 e. The van der Waals surface area contributed by atoms with Gasteiger partial charge in [0, 0.05) is 44.0 Å². The van der Waals surface area contributed by atoms with Gasteiger partial charge < -0.3 is 0 Å². The molecule has 4 aliphatic rings. The Kier molecular flexibility index (Phi) is 8.24. The van der Waals surface area contributed by atoms with Crippen molar-refractivity contribution in [1.82, 2.24) is 19.9 Å². The Morgan fingerprint density at radius 1 is 0.550 bits per heavy atom. The van der Waals surface area contributed by atoms with E-state index in [1.807, 2.05) is 36.2 Å². The molecule has 0 saturated carbocycles. The zero-order valence-corrected chi connectivity index (χ0v) is 33.6. The van der Waals surface area contributed by atoms with Gasteiger partial charge in [-0.2, -0.15) is 0 Å². The first kappa shape index (κ1) is 35.0. The molecule has 3 aliphatic carbocycles. The summed E-state index contributed by atoms with van der Waals surface area (Å²) in [6.07, 6.45) is 16.5. The third-order valence-electron chi connectivity index (χ3n) is 12.6. The highest BCUT2D eigenvalue weighted by molar-refractivity contribution is 8.03. The number of para-hydroxylation sites is 1. The number of fused-ring (bicyclic) bond motifs is 10. The molecule has 60 heavy (non-hydrogen) atoms. The van der Waals surface area contributed by atoms with Crippen LogP contribution in [0.4, 0.5) is 0 Å². The molecule has 284 valence electrons. The van der Waals surface area contributed by atoms with Gasteiger partial charge in [0.05, 0.1) is 10.9 Å². The molecular formula is C55H38N4S. The van der Waals surface area contributed by atoms with Gasteiger partial charge in [0.25, 0.3) is 0 Å². The Morgan fingerprint density at radius 2 is 1.25 bits per heavy atom. The molecule has 1 atom stereocenters. The summed E-state index contributed by atoms with van der Waals surface area (Å²) in [5.41, 5.74) is 15.3. The van der Waals surface area contributed by atoms with E-state index in [9.17, 15) is 0 Å². The number of pyridine rings is 1. The van der Waals surface area contributed by atoms with Crippen LogP contribution in [-0.4, -0.2) is 19.9 Å². The number of hydrogen-bond acceptors (Lipinski definition) is 5. The molecule has 6 aromatic carbocycles. The first-order chi connectivity index (χ1) is 29.7. The van der Waals surface area contributed by atoms with Crippen molar-refractivity contribution >= 4 is 28.2 Å². The summed E-state index contributed by atoms with van der Waals surface area (Å²) in [6.45, 7) is 0. The van der Waals surface area contributed by atoms with Gasteiger partial charge in [-0.25, -0.2) is 15.0 Å². The van der Waals surface area contributed by atoms with E-state index in [4.69, 9.17) is 15.0 Å². The molecule has 4 nitrogen and oxygen atoms in total. The average Bonchev–Trinajstić information content (AvgIpc) is 3.62. The third kappa shape index (κ3) is 5.53. The summed E-state index contributed by atoms with van der Waals surface area (Å²) < 4.78 is 0. The highest BCUT2D eigenvalue weighted by atomic mass is 32.2. The van der Waals surface area contributed by atoms with E-state index in [-0.39, 0.29) is 5.92 Å². The second-order valence-corrected chi connectivity index (χ2v) is 17.0. The number of allylic oxidation sites excluding steroid dienone is 7. The number of hydrogen-bond donors (Lipinski definition) is 0. The van der Waals surface area contributed by atoms with Gasteiger partial charge in [0.15, 0.2) is 17.5 Å². The Hall–Kier alpha value is -6.95. The second-order valence-electron chi connectivity index (χ2n) is 16.0. The van der Waals surface area contributed by atoms with E-state index < -0.39 is 5.41 Å². The number of nitrogens with zero attached hydrogens (tertiary/aromatic N) is 4. The van der Waals surface area contributed by atoms with Gasteiger partial charge in [0.1, 0.15) is 0 Å². The fourth-order valence-corrected chi connectivity index (χ4v) is 11.2. The molecule has 5 heteroatoms. The fourth-order valence-electron chi connectivity index (χ4n) is 9.87. The van der Waals surface area contributed by atoms with E-state index >= 15 is 0 Å². The van der Waals surface area contributed by atoms with Crippen molar-refractivity contribution in [2.45, 2.75) is 35.5 Å². The maximum Gasteiger partial charge on any atom is 0.164 e. The van der Waals surface area contributed by atoms with Gasteiger partial charge in [-0.3, -0.25) is 4.98 Å².